The van der Waals surface area contributed by atoms with Gasteiger partial charge in [-0.2, -0.15) is 0 Å². The second-order valence-corrected chi connectivity index (χ2v) is 7.06. The molecule has 1 atom stereocenters. The zero-order chi connectivity index (χ0) is 15.1. The Morgan fingerprint density at radius 2 is 2.00 bits per heavy atom. The Morgan fingerprint density at radius 3 is 2.60 bits per heavy atom. The fourth-order valence-electron chi connectivity index (χ4n) is 2.15. The molecule has 1 amide bonds. The predicted octanol–water partition coefficient (Wildman–Crippen LogP) is 4.55. The van der Waals surface area contributed by atoms with Gasteiger partial charge in [0, 0.05) is 15.4 Å². The van der Waals surface area contributed by atoms with E-state index < -0.39 is 0 Å². The molecule has 0 aliphatic rings. The quantitative estimate of drug-likeness (QED) is 0.698. The van der Waals surface area contributed by atoms with Gasteiger partial charge in [-0.3, -0.25) is 4.79 Å². The van der Waals surface area contributed by atoms with E-state index in [4.69, 9.17) is 5.73 Å². The number of hydrogen-bond acceptors (Lipinski definition) is 2. The van der Waals surface area contributed by atoms with Crippen molar-refractivity contribution in [3.8, 4) is 0 Å². The topological polar surface area (TPSA) is 55.1 Å². The number of nitrogens with two attached hydrogens (primary N) is 1. The van der Waals surface area contributed by atoms with Gasteiger partial charge in [0.2, 0.25) is 5.91 Å². The van der Waals surface area contributed by atoms with Gasteiger partial charge in [-0.1, -0.05) is 29.8 Å². The van der Waals surface area contributed by atoms with E-state index in [9.17, 15) is 4.79 Å². The predicted molar refractivity (Wildman–Crippen MR) is 91.7 cm³/mol. The van der Waals surface area contributed by atoms with Crippen LogP contribution in [-0.2, 0) is 4.79 Å². The summed E-state index contributed by atoms with van der Waals surface area (Å²) in [7, 11) is 0. The van der Waals surface area contributed by atoms with Gasteiger partial charge in [-0.25, -0.2) is 0 Å². The van der Waals surface area contributed by atoms with Crippen LogP contribution in [0.3, 0.4) is 0 Å². The van der Waals surface area contributed by atoms with Gasteiger partial charge in [0.1, 0.15) is 0 Å². The molecule has 5 heteroatoms. The Hall–Kier alpha value is -0.390. The molecule has 0 fully saturated rings. The van der Waals surface area contributed by atoms with E-state index in [1.54, 1.807) is 0 Å². The first-order valence-corrected chi connectivity index (χ1v) is 8.47. The monoisotopic (exact) mass is 404 g/mol. The van der Waals surface area contributed by atoms with Gasteiger partial charge in [0.25, 0.3) is 0 Å². The molecule has 0 heterocycles. The van der Waals surface area contributed by atoms with Crippen molar-refractivity contribution in [1.82, 2.24) is 0 Å². The molecule has 1 aromatic carbocycles. The molecule has 0 radical (unpaired) electrons. The summed E-state index contributed by atoms with van der Waals surface area (Å²) in [6.45, 7) is 5.05. The Balaban J connectivity index is 2.53. The first kappa shape index (κ1) is 17.7. The highest BCUT2D eigenvalue weighted by atomic mass is 79.9. The van der Waals surface area contributed by atoms with E-state index in [0.717, 1.165) is 27.5 Å². The highest BCUT2D eigenvalue weighted by molar-refractivity contribution is 9.11. The summed E-state index contributed by atoms with van der Waals surface area (Å²) < 4.78 is 1.83. The van der Waals surface area contributed by atoms with Gasteiger partial charge in [0.05, 0.1) is 5.69 Å². The van der Waals surface area contributed by atoms with Crippen molar-refractivity contribution < 1.29 is 4.79 Å². The Labute approximate surface area is 138 Å². The molecule has 0 aliphatic heterocycles. The van der Waals surface area contributed by atoms with E-state index >= 15 is 0 Å². The van der Waals surface area contributed by atoms with Gasteiger partial charge in [-0.05, 0) is 65.4 Å². The van der Waals surface area contributed by atoms with E-state index in [1.807, 2.05) is 18.2 Å². The number of anilines is 1. The minimum absolute atomic E-state index is 0.0477. The second kappa shape index (κ2) is 8.80. The molecule has 112 valence electrons. The Morgan fingerprint density at radius 1 is 1.30 bits per heavy atom. The average molecular weight is 406 g/mol. The molecular formula is C15H22Br2N2O. The maximum Gasteiger partial charge on any atom is 0.224 e. The van der Waals surface area contributed by atoms with Crippen molar-refractivity contribution in [3.63, 3.8) is 0 Å². The van der Waals surface area contributed by atoms with Crippen LogP contribution in [-0.4, -0.2) is 12.5 Å². The van der Waals surface area contributed by atoms with Crippen LogP contribution in [0.15, 0.2) is 27.1 Å². The third-order valence-electron chi connectivity index (χ3n) is 3.42. The number of halogens is 2. The summed E-state index contributed by atoms with van der Waals surface area (Å²) >= 11 is 6.84. The Bertz CT molecular complexity index is 449. The fraction of sp³-hybridized carbons (Fsp3) is 0.533. The first-order valence-electron chi connectivity index (χ1n) is 6.89. The lowest BCUT2D eigenvalue weighted by atomic mass is 9.88. The highest BCUT2D eigenvalue weighted by Gasteiger charge is 2.15. The molecule has 1 unspecified atom stereocenters. The summed E-state index contributed by atoms with van der Waals surface area (Å²) in [6, 6.07) is 5.72. The van der Waals surface area contributed by atoms with Crippen molar-refractivity contribution in [1.29, 1.82) is 0 Å². The first-order chi connectivity index (χ1) is 9.43. The standard InChI is InChI=1S/C15H22Br2N2O/c1-10(2)11(7-8-18)3-6-15(20)19-14-9-12(16)4-5-13(14)17/h4-5,9-11H,3,6-8,18H2,1-2H3,(H,19,20). The van der Waals surface area contributed by atoms with Crippen LogP contribution in [0, 0.1) is 11.8 Å². The van der Waals surface area contributed by atoms with Gasteiger partial charge < -0.3 is 11.1 Å². The fourth-order valence-corrected chi connectivity index (χ4v) is 2.85. The third kappa shape index (κ3) is 5.94. The van der Waals surface area contributed by atoms with Crippen LogP contribution < -0.4 is 11.1 Å². The van der Waals surface area contributed by atoms with E-state index in [-0.39, 0.29) is 5.91 Å². The van der Waals surface area contributed by atoms with Crippen molar-refractivity contribution in [3.05, 3.63) is 27.1 Å². The molecule has 20 heavy (non-hydrogen) atoms. The molecule has 0 aromatic heterocycles. The zero-order valence-corrected chi connectivity index (χ0v) is 15.1. The van der Waals surface area contributed by atoms with Crippen LogP contribution in [0.1, 0.15) is 33.1 Å². The number of benzene rings is 1. The van der Waals surface area contributed by atoms with Crippen LogP contribution in [0.2, 0.25) is 0 Å². The molecular weight excluding hydrogens is 384 g/mol. The maximum absolute atomic E-state index is 12.0. The Kier molecular flexibility index (Phi) is 7.77. The van der Waals surface area contributed by atoms with Gasteiger partial charge in [-0.15, -0.1) is 0 Å². The normalized spacial score (nSPS) is 12.5. The number of carbonyl (C=O) groups is 1. The SMILES string of the molecule is CC(C)C(CCN)CCC(=O)Nc1cc(Br)ccc1Br. The minimum Gasteiger partial charge on any atom is -0.330 e. The summed E-state index contributed by atoms with van der Waals surface area (Å²) in [5, 5.41) is 2.94. The average Bonchev–Trinajstić information content (AvgIpc) is 2.38. The second-order valence-electron chi connectivity index (χ2n) is 5.29. The number of rotatable bonds is 7. The highest BCUT2D eigenvalue weighted by Crippen LogP contribution is 2.27. The van der Waals surface area contributed by atoms with E-state index in [0.29, 0.717) is 24.8 Å². The molecule has 1 rings (SSSR count). The molecule has 0 bridgehead atoms. The van der Waals surface area contributed by atoms with Crippen LogP contribution in [0.25, 0.3) is 0 Å². The number of nitrogens with one attached hydrogen (secondary N) is 1. The summed E-state index contributed by atoms with van der Waals surface area (Å²) in [5.74, 6) is 1.12. The van der Waals surface area contributed by atoms with Crippen molar-refractivity contribution in [2.75, 3.05) is 11.9 Å². The summed E-state index contributed by atoms with van der Waals surface area (Å²) in [5.41, 5.74) is 6.42. The van der Waals surface area contributed by atoms with Crippen molar-refractivity contribution in [2.24, 2.45) is 17.6 Å². The molecule has 0 spiro atoms. The van der Waals surface area contributed by atoms with Gasteiger partial charge in [0.15, 0.2) is 0 Å². The molecule has 0 saturated heterocycles. The third-order valence-corrected chi connectivity index (χ3v) is 4.61. The lowest BCUT2D eigenvalue weighted by Gasteiger charge is -2.19. The van der Waals surface area contributed by atoms with Gasteiger partial charge >= 0.3 is 0 Å². The van der Waals surface area contributed by atoms with Crippen LogP contribution in [0.4, 0.5) is 5.69 Å². The van der Waals surface area contributed by atoms with Crippen molar-refractivity contribution >= 4 is 43.5 Å². The maximum atomic E-state index is 12.0. The van der Waals surface area contributed by atoms with Crippen molar-refractivity contribution in [2.45, 2.75) is 33.1 Å². The summed E-state index contributed by atoms with van der Waals surface area (Å²) in [6.07, 6.45) is 2.39. The smallest absolute Gasteiger partial charge is 0.224 e. The molecule has 3 nitrogen and oxygen atoms in total. The van der Waals surface area contributed by atoms with Crippen LogP contribution >= 0.6 is 31.9 Å². The number of carbonyl (C=O) groups excluding carboxylic acids is 1. The number of hydrogen-bond donors (Lipinski definition) is 2. The molecule has 0 saturated carbocycles. The molecule has 1 aromatic rings. The largest absolute Gasteiger partial charge is 0.330 e. The van der Waals surface area contributed by atoms with Crippen LogP contribution in [0.5, 0.6) is 0 Å². The summed E-state index contributed by atoms with van der Waals surface area (Å²) in [4.78, 5) is 12.0. The van der Waals surface area contributed by atoms with E-state index in [1.165, 1.54) is 0 Å². The lowest BCUT2D eigenvalue weighted by molar-refractivity contribution is -0.116. The molecule has 0 aliphatic carbocycles. The van der Waals surface area contributed by atoms with E-state index in [2.05, 4.69) is 51.0 Å². The number of amides is 1. The minimum atomic E-state index is 0.0477. The lowest BCUT2D eigenvalue weighted by Crippen LogP contribution is -2.18. The zero-order valence-electron chi connectivity index (χ0n) is 12.0. The molecule has 3 N–H and O–H groups in total.